The molecule has 1 N–H and O–H groups in total. The van der Waals surface area contributed by atoms with Crippen molar-refractivity contribution in [3.05, 3.63) is 120 Å². The number of anilines is 2. The lowest BCUT2D eigenvalue weighted by Crippen LogP contribution is -2.46. The Morgan fingerprint density at radius 1 is 0.881 bits per heavy atom. The van der Waals surface area contributed by atoms with Crippen molar-refractivity contribution in [2.75, 3.05) is 23.6 Å². The van der Waals surface area contributed by atoms with Crippen molar-refractivity contribution in [3.8, 4) is 11.5 Å². The van der Waals surface area contributed by atoms with Crippen molar-refractivity contribution in [1.29, 1.82) is 0 Å². The van der Waals surface area contributed by atoms with E-state index in [-0.39, 0.29) is 18.9 Å². The molecule has 210 valence electrons. The number of hydrogen-bond donors (Lipinski definition) is 1. The van der Waals surface area contributed by atoms with E-state index in [1.54, 1.807) is 60.7 Å². The third-order valence-electron chi connectivity index (χ3n) is 7.07. The summed E-state index contributed by atoms with van der Waals surface area (Å²) >= 11 is 0. The number of ketones is 1. The zero-order chi connectivity index (χ0) is 29.2. The van der Waals surface area contributed by atoms with E-state index in [9.17, 15) is 23.6 Å². The lowest BCUT2D eigenvalue weighted by molar-refractivity contribution is -0.139. The number of rotatable bonds is 8. The number of halogens is 1. The van der Waals surface area contributed by atoms with Gasteiger partial charge in [-0.25, -0.2) is 4.39 Å². The first-order chi connectivity index (χ1) is 20.4. The van der Waals surface area contributed by atoms with Gasteiger partial charge in [0.25, 0.3) is 17.6 Å². The van der Waals surface area contributed by atoms with Crippen molar-refractivity contribution < 1.29 is 33.0 Å². The first kappa shape index (κ1) is 26.7. The number of carbonyl (C=O) groups excluding carboxylic acids is 4. The summed E-state index contributed by atoms with van der Waals surface area (Å²) in [5, 5.41) is 2.83. The van der Waals surface area contributed by atoms with Gasteiger partial charge in [0.15, 0.2) is 11.5 Å². The summed E-state index contributed by atoms with van der Waals surface area (Å²) in [5.41, 5.74) is 2.00. The Labute approximate surface area is 240 Å². The monoisotopic (exact) mass is 565 g/mol. The summed E-state index contributed by atoms with van der Waals surface area (Å²) < 4.78 is 24.7. The Kier molecular flexibility index (Phi) is 7.10. The SMILES string of the molecule is O=C1C(=O)N(CC(=O)N(Cc2ccccc2)[C@@H](C(=O)Nc2ccc3c(c2)OCO3)c2ccc(F)cc2)c2ccccc21. The van der Waals surface area contributed by atoms with Crippen LogP contribution in [0.2, 0.25) is 0 Å². The fourth-order valence-electron chi connectivity index (χ4n) is 5.04. The number of ether oxygens (including phenoxy) is 2. The maximum atomic E-state index is 14.1. The topological polar surface area (TPSA) is 105 Å². The Balaban J connectivity index is 1.37. The van der Waals surface area contributed by atoms with Gasteiger partial charge in [0.1, 0.15) is 18.4 Å². The normalized spacial score (nSPS) is 14.0. The van der Waals surface area contributed by atoms with E-state index in [1.165, 1.54) is 35.2 Å². The van der Waals surface area contributed by atoms with Gasteiger partial charge in [-0.3, -0.25) is 24.1 Å². The molecule has 0 radical (unpaired) electrons. The summed E-state index contributed by atoms with van der Waals surface area (Å²) in [6.07, 6.45) is 0. The largest absolute Gasteiger partial charge is 0.454 e. The van der Waals surface area contributed by atoms with Gasteiger partial charge >= 0.3 is 0 Å². The first-order valence-electron chi connectivity index (χ1n) is 13.1. The molecule has 10 heteroatoms. The Morgan fingerprint density at radius 3 is 2.38 bits per heavy atom. The highest BCUT2D eigenvalue weighted by atomic mass is 19.1. The number of Topliss-reactive ketones (excluding diaryl/α,β-unsaturated/α-hetero) is 1. The molecule has 0 saturated heterocycles. The zero-order valence-corrected chi connectivity index (χ0v) is 22.2. The van der Waals surface area contributed by atoms with E-state index >= 15 is 0 Å². The van der Waals surface area contributed by atoms with Crippen LogP contribution in [0.1, 0.15) is 27.5 Å². The van der Waals surface area contributed by atoms with Gasteiger partial charge in [-0.1, -0.05) is 54.6 Å². The molecule has 0 aromatic heterocycles. The molecular weight excluding hydrogens is 541 g/mol. The molecule has 42 heavy (non-hydrogen) atoms. The smallest absolute Gasteiger partial charge is 0.299 e. The predicted octanol–water partition coefficient (Wildman–Crippen LogP) is 4.49. The molecule has 1 atom stereocenters. The number of carbonyl (C=O) groups is 4. The van der Waals surface area contributed by atoms with Crippen molar-refractivity contribution in [2.24, 2.45) is 0 Å². The zero-order valence-electron chi connectivity index (χ0n) is 22.2. The molecule has 2 heterocycles. The molecule has 0 bridgehead atoms. The Hall–Kier alpha value is -5.51. The summed E-state index contributed by atoms with van der Waals surface area (Å²) in [5.74, 6) is -2.21. The molecule has 0 fully saturated rings. The molecule has 0 aliphatic carbocycles. The fourth-order valence-corrected chi connectivity index (χ4v) is 5.04. The number of benzene rings is 4. The van der Waals surface area contributed by atoms with E-state index < -0.39 is 41.9 Å². The second-order valence-corrected chi connectivity index (χ2v) is 9.76. The summed E-state index contributed by atoms with van der Waals surface area (Å²) in [4.78, 5) is 56.0. The minimum atomic E-state index is -1.23. The average Bonchev–Trinajstić information content (AvgIpc) is 3.56. The number of nitrogens with zero attached hydrogens (tertiary/aromatic N) is 2. The van der Waals surface area contributed by atoms with Crippen LogP contribution < -0.4 is 19.7 Å². The van der Waals surface area contributed by atoms with Gasteiger partial charge < -0.3 is 19.7 Å². The summed E-state index contributed by atoms with van der Waals surface area (Å²) in [6, 6.07) is 24.4. The van der Waals surface area contributed by atoms with Gasteiger partial charge in [0.05, 0.1) is 11.3 Å². The molecule has 6 rings (SSSR count). The minimum Gasteiger partial charge on any atom is -0.454 e. The van der Waals surface area contributed by atoms with Gasteiger partial charge in [-0.15, -0.1) is 0 Å². The Bertz CT molecular complexity index is 1690. The lowest BCUT2D eigenvalue weighted by atomic mass is 10.0. The van der Waals surface area contributed by atoms with Crippen molar-refractivity contribution in [3.63, 3.8) is 0 Å². The van der Waals surface area contributed by atoms with Crippen LogP contribution in [0.4, 0.5) is 15.8 Å². The maximum Gasteiger partial charge on any atom is 0.299 e. The highest BCUT2D eigenvalue weighted by molar-refractivity contribution is 6.52. The van der Waals surface area contributed by atoms with Crippen molar-refractivity contribution >= 4 is 34.9 Å². The van der Waals surface area contributed by atoms with Crippen LogP contribution in [0.25, 0.3) is 0 Å². The molecule has 2 aliphatic rings. The lowest BCUT2D eigenvalue weighted by Gasteiger charge is -2.33. The molecule has 0 unspecified atom stereocenters. The number of nitrogens with one attached hydrogen (secondary N) is 1. The predicted molar refractivity (Wildman–Crippen MR) is 150 cm³/mol. The van der Waals surface area contributed by atoms with Crippen molar-refractivity contribution in [2.45, 2.75) is 12.6 Å². The molecule has 0 saturated carbocycles. The van der Waals surface area contributed by atoms with E-state index in [1.807, 2.05) is 6.07 Å². The second kappa shape index (κ2) is 11.2. The van der Waals surface area contributed by atoms with E-state index in [0.717, 1.165) is 10.5 Å². The average molecular weight is 566 g/mol. The van der Waals surface area contributed by atoms with Crippen molar-refractivity contribution in [1.82, 2.24) is 4.90 Å². The molecule has 0 spiro atoms. The number of para-hydroxylation sites is 1. The van der Waals surface area contributed by atoms with Gasteiger partial charge in [-0.05, 0) is 47.5 Å². The first-order valence-corrected chi connectivity index (χ1v) is 13.1. The molecule has 4 aromatic rings. The molecule has 3 amide bonds. The Morgan fingerprint density at radius 2 is 1.60 bits per heavy atom. The molecule has 4 aromatic carbocycles. The highest BCUT2D eigenvalue weighted by Crippen LogP contribution is 2.35. The molecule has 9 nitrogen and oxygen atoms in total. The third kappa shape index (κ3) is 5.17. The van der Waals surface area contributed by atoms with Crippen LogP contribution in [0.5, 0.6) is 11.5 Å². The minimum absolute atomic E-state index is 0.00605. The third-order valence-corrected chi connectivity index (χ3v) is 7.07. The van der Waals surface area contributed by atoms with E-state index in [4.69, 9.17) is 9.47 Å². The van der Waals surface area contributed by atoms with Gasteiger partial charge in [-0.2, -0.15) is 0 Å². The summed E-state index contributed by atoms with van der Waals surface area (Å²) in [6.45, 7) is -0.428. The van der Waals surface area contributed by atoms with Crippen LogP contribution >= 0.6 is 0 Å². The quantitative estimate of drug-likeness (QED) is 0.316. The number of amides is 3. The van der Waals surface area contributed by atoms with Gasteiger partial charge in [0, 0.05) is 18.3 Å². The molecule has 2 aliphatic heterocycles. The van der Waals surface area contributed by atoms with E-state index in [0.29, 0.717) is 28.4 Å². The van der Waals surface area contributed by atoms with Crippen LogP contribution in [0.3, 0.4) is 0 Å². The second-order valence-electron chi connectivity index (χ2n) is 9.76. The van der Waals surface area contributed by atoms with Crippen LogP contribution in [0, 0.1) is 5.82 Å². The van der Waals surface area contributed by atoms with Crippen LogP contribution in [0.15, 0.2) is 97.1 Å². The van der Waals surface area contributed by atoms with Crippen LogP contribution in [-0.4, -0.2) is 41.7 Å². The molecular formula is C32H24FN3O6. The van der Waals surface area contributed by atoms with Gasteiger partial charge in [0.2, 0.25) is 12.7 Å². The standard InChI is InChI=1S/C32H24FN3O6/c33-22-12-10-21(11-13-22)29(31(39)34-23-14-15-26-27(16-23)42-19-41-26)36(17-20-6-2-1-3-7-20)28(37)18-35-25-9-5-4-8-24(25)30(38)32(35)40/h1-16,29H,17-19H2,(H,34,39)/t29-/m1/s1. The number of fused-ring (bicyclic) bond motifs is 2. The maximum absolute atomic E-state index is 14.1. The fraction of sp³-hybridized carbons (Fsp3) is 0.125. The van der Waals surface area contributed by atoms with E-state index in [2.05, 4.69) is 5.32 Å². The van der Waals surface area contributed by atoms with Crippen LogP contribution in [-0.2, 0) is 20.9 Å². The summed E-state index contributed by atoms with van der Waals surface area (Å²) in [7, 11) is 0. The number of hydrogen-bond acceptors (Lipinski definition) is 6. The highest BCUT2D eigenvalue weighted by Gasteiger charge is 2.39.